The number of benzene rings is 1. The van der Waals surface area contributed by atoms with Gasteiger partial charge < -0.3 is 15.7 Å². The molecule has 1 aromatic carbocycles. The van der Waals surface area contributed by atoms with Gasteiger partial charge in [-0.25, -0.2) is 8.60 Å². The number of carbonyl (C=O) groups excluding carboxylic acids is 1. The van der Waals surface area contributed by atoms with E-state index in [2.05, 4.69) is 15.4 Å². The van der Waals surface area contributed by atoms with Crippen LogP contribution in [0.3, 0.4) is 0 Å². The lowest BCUT2D eigenvalue weighted by molar-refractivity contribution is -0.117. The molecule has 1 saturated carbocycles. The molecular formula is C15H19FN4O3S. The number of hydrogen-bond acceptors (Lipinski definition) is 5. The highest BCUT2D eigenvalue weighted by Gasteiger charge is 2.35. The number of halogens is 1. The number of nitrogens with zero attached hydrogens (tertiary/aromatic N) is 1. The Labute approximate surface area is 141 Å². The third kappa shape index (κ3) is 2.82. The van der Waals surface area contributed by atoms with Gasteiger partial charge in [0.15, 0.2) is 5.82 Å². The Bertz CT molecular complexity index is 725. The number of nitrogens with one attached hydrogen (secondary N) is 3. The van der Waals surface area contributed by atoms with Gasteiger partial charge in [0.1, 0.15) is 18.0 Å². The smallest absolute Gasteiger partial charge is 0.253 e. The zero-order chi connectivity index (χ0) is 16.8. The number of aromatic hydroxyl groups is 1. The quantitative estimate of drug-likeness (QED) is 0.614. The fraction of sp³-hybridized carbons (Fsp3) is 0.533. The van der Waals surface area contributed by atoms with Crippen molar-refractivity contribution in [2.24, 2.45) is 5.92 Å². The van der Waals surface area contributed by atoms with Crippen LogP contribution in [0.15, 0.2) is 6.07 Å². The monoisotopic (exact) mass is 354 g/mol. The first-order valence-electron chi connectivity index (χ1n) is 8.03. The van der Waals surface area contributed by atoms with Gasteiger partial charge in [-0.05, 0) is 31.7 Å². The molecule has 2 atom stereocenters. The summed E-state index contributed by atoms with van der Waals surface area (Å²) in [5.41, 5.74) is 0.826. The van der Waals surface area contributed by atoms with Crippen LogP contribution in [0.1, 0.15) is 18.4 Å². The van der Waals surface area contributed by atoms with Gasteiger partial charge in [0.2, 0.25) is 11.2 Å². The Morgan fingerprint density at radius 2 is 2.21 bits per heavy atom. The highest BCUT2D eigenvalue weighted by molar-refractivity contribution is 7.85. The molecular weight excluding hydrogens is 335 g/mol. The Kier molecular flexibility index (Phi) is 3.84. The lowest BCUT2D eigenvalue weighted by Gasteiger charge is -2.17. The molecule has 7 nitrogen and oxygen atoms in total. The second-order valence-corrected chi connectivity index (χ2v) is 7.69. The number of amides is 1. The zero-order valence-electron chi connectivity index (χ0n) is 13.0. The van der Waals surface area contributed by atoms with Gasteiger partial charge in [-0.1, -0.05) is 0 Å². The van der Waals surface area contributed by atoms with E-state index >= 15 is 0 Å². The number of phenols is 1. The normalized spacial score (nSPS) is 25.5. The molecule has 1 aliphatic carbocycles. The van der Waals surface area contributed by atoms with Gasteiger partial charge >= 0.3 is 0 Å². The van der Waals surface area contributed by atoms with Crippen molar-refractivity contribution in [3.8, 4) is 5.75 Å². The van der Waals surface area contributed by atoms with E-state index in [-0.39, 0.29) is 24.0 Å². The van der Waals surface area contributed by atoms with Crippen LogP contribution < -0.4 is 19.7 Å². The summed E-state index contributed by atoms with van der Waals surface area (Å²) in [6.07, 6.45) is 3.03. The number of rotatable bonds is 5. The number of hydrogen-bond donors (Lipinski definition) is 4. The molecule has 0 bridgehead atoms. The first-order chi connectivity index (χ1) is 11.5. The van der Waals surface area contributed by atoms with Gasteiger partial charge in [0, 0.05) is 29.9 Å². The van der Waals surface area contributed by atoms with Crippen LogP contribution in [-0.2, 0) is 22.4 Å². The van der Waals surface area contributed by atoms with E-state index in [4.69, 9.17) is 0 Å². The minimum atomic E-state index is -1.87. The van der Waals surface area contributed by atoms with Gasteiger partial charge in [0.25, 0.3) is 5.91 Å². The van der Waals surface area contributed by atoms with Crippen molar-refractivity contribution in [3.05, 3.63) is 17.4 Å². The van der Waals surface area contributed by atoms with Gasteiger partial charge in [-0.15, -0.1) is 0 Å². The highest BCUT2D eigenvalue weighted by Crippen LogP contribution is 2.41. The third-order valence-electron chi connectivity index (χ3n) is 4.59. The molecule has 1 aromatic rings. The van der Waals surface area contributed by atoms with E-state index in [1.165, 1.54) is 18.9 Å². The van der Waals surface area contributed by atoms with Crippen molar-refractivity contribution in [1.29, 1.82) is 0 Å². The summed E-state index contributed by atoms with van der Waals surface area (Å²) in [7, 11) is 0. The van der Waals surface area contributed by atoms with Crippen molar-refractivity contribution < 1.29 is 18.5 Å². The molecule has 2 fully saturated rings. The van der Waals surface area contributed by atoms with Crippen LogP contribution in [0.5, 0.6) is 5.75 Å². The summed E-state index contributed by atoms with van der Waals surface area (Å²) < 4.78 is 30.0. The van der Waals surface area contributed by atoms with Gasteiger partial charge in [-0.2, -0.15) is 0 Å². The van der Waals surface area contributed by atoms with Gasteiger partial charge in [-0.3, -0.25) is 13.8 Å². The Morgan fingerprint density at radius 3 is 2.88 bits per heavy atom. The van der Waals surface area contributed by atoms with E-state index in [0.29, 0.717) is 17.7 Å². The number of anilines is 2. The number of carbonyl (C=O) groups is 1. The molecule has 3 aliphatic rings. The minimum absolute atomic E-state index is 0.0479. The van der Waals surface area contributed by atoms with Gasteiger partial charge in [0.05, 0.1) is 0 Å². The molecule has 1 saturated heterocycles. The molecule has 9 heteroatoms. The Morgan fingerprint density at radius 1 is 1.42 bits per heavy atom. The van der Waals surface area contributed by atoms with E-state index in [0.717, 1.165) is 23.3 Å². The largest absolute Gasteiger partial charge is 0.506 e. The SMILES string of the molecule is O=C1CN(c2c(O)cc3c(c2F)CC(CNCC2CC2)N3)S(=O)N1. The second-order valence-electron chi connectivity index (χ2n) is 6.54. The Hall–Kier alpha value is -1.87. The van der Waals surface area contributed by atoms with Crippen LogP contribution in [0, 0.1) is 11.7 Å². The fourth-order valence-electron chi connectivity index (χ4n) is 3.19. The van der Waals surface area contributed by atoms with E-state index < -0.39 is 22.9 Å². The number of fused-ring (bicyclic) bond motifs is 1. The maximum absolute atomic E-state index is 14.9. The molecule has 1 amide bonds. The number of phenolic OH excluding ortho intramolecular Hbond substituents is 1. The molecule has 0 spiro atoms. The highest BCUT2D eigenvalue weighted by atomic mass is 32.2. The van der Waals surface area contributed by atoms with E-state index in [1.807, 2.05) is 0 Å². The summed E-state index contributed by atoms with van der Waals surface area (Å²) in [6, 6.07) is 1.49. The van der Waals surface area contributed by atoms with Crippen molar-refractivity contribution in [2.75, 3.05) is 29.3 Å². The minimum Gasteiger partial charge on any atom is -0.506 e. The predicted octanol–water partition coefficient (Wildman–Crippen LogP) is 0.382. The van der Waals surface area contributed by atoms with Crippen molar-refractivity contribution in [1.82, 2.24) is 10.0 Å². The molecule has 2 heterocycles. The standard InChI is InChI=1S/C15H19FN4O3S/c16-14-10-3-9(6-17-5-8-1-2-8)18-11(10)4-12(21)15(14)20-7-13(22)19-24(20)23/h4,8-9,17-18,21H,1-3,5-7H2,(H,19,22). The van der Waals surface area contributed by atoms with E-state index in [1.54, 1.807) is 0 Å². The molecule has 24 heavy (non-hydrogen) atoms. The van der Waals surface area contributed by atoms with Crippen molar-refractivity contribution in [2.45, 2.75) is 25.3 Å². The van der Waals surface area contributed by atoms with Crippen LogP contribution in [-0.4, -0.2) is 40.9 Å². The summed E-state index contributed by atoms with van der Waals surface area (Å²) in [5.74, 6) is -0.633. The molecule has 130 valence electrons. The van der Waals surface area contributed by atoms with Crippen LogP contribution >= 0.6 is 0 Å². The van der Waals surface area contributed by atoms with Crippen molar-refractivity contribution in [3.63, 3.8) is 0 Å². The first-order valence-corrected chi connectivity index (χ1v) is 9.14. The predicted molar refractivity (Wildman–Crippen MR) is 88.4 cm³/mol. The van der Waals surface area contributed by atoms with Crippen LogP contribution in [0.4, 0.5) is 15.8 Å². The summed E-state index contributed by atoms with van der Waals surface area (Å²) in [5, 5.41) is 16.7. The lowest BCUT2D eigenvalue weighted by Crippen LogP contribution is -2.32. The van der Waals surface area contributed by atoms with Crippen molar-refractivity contribution >= 4 is 28.5 Å². The zero-order valence-corrected chi connectivity index (χ0v) is 13.8. The first kappa shape index (κ1) is 15.6. The molecule has 2 unspecified atom stereocenters. The summed E-state index contributed by atoms with van der Waals surface area (Å²) in [4.78, 5) is 11.4. The average Bonchev–Trinajstić information content (AvgIpc) is 3.16. The fourth-order valence-corrected chi connectivity index (χ4v) is 4.13. The maximum atomic E-state index is 14.9. The summed E-state index contributed by atoms with van der Waals surface area (Å²) in [6.45, 7) is 1.46. The average molecular weight is 354 g/mol. The second kappa shape index (κ2) is 5.89. The third-order valence-corrected chi connectivity index (χ3v) is 5.70. The van der Waals surface area contributed by atoms with Crippen LogP contribution in [0.2, 0.25) is 0 Å². The molecule has 2 aliphatic heterocycles. The summed E-state index contributed by atoms with van der Waals surface area (Å²) >= 11 is -1.87. The topological polar surface area (TPSA) is 93.7 Å². The molecule has 0 radical (unpaired) electrons. The molecule has 4 N–H and O–H groups in total. The van der Waals surface area contributed by atoms with E-state index in [9.17, 15) is 18.5 Å². The lowest BCUT2D eigenvalue weighted by atomic mass is 10.1. The maximum Gasteiger partial charge on any atom is 0.253 e. The Balaban J connectivity index is 1.53. The molecule has 0 aromatic heterocycles. The van der Waals surface area contributed by atoms with Crippen LogP contribution in [0.25, 0.3) is 0 Å². The molecule has 4 rings (SSSR count).